The van der Waals surface area contributed by atoms with Crippen LogP contribution in [0.5, 0.6) is 0 Å². The lowest BCUT2D eigenvalue weighted by molar-refractivity contribution is 0.484. The summed E-state index contributed by atoms with van der Waals surface area (Å²) in [5, 5.41) is 4.39. The zero-order valence-corrected chi connectivity index (χ0v) is 14.6. The van der Waals surface area contributed by atoms with E-state index >= 15 is 0 Å². The third-order valence-electron chi connectivity index (χ3n) is 4.78. The molecule has 1 N–H and O–H groups in total. The maximum absolute atomic E-state index is 12.5. The van der Waals surface area contributed by atoms with E-state index in [1.807, 2.05) is 49.4 Å². The Kier molecular flexibility index (Phi) is 4.06. The Morgan fingerprint density at radius 3 is 2.84 bits per heavy atom. The van der Waals surface area contributed by atoms with Crippen LogP contribution in [0.3, 0.4) is 0 Å². The molecule has 4 rings (SSSR count). The summed E-state index contributed by atoms with van der Waals surface area (Å²) >= 11 is 0. The fourth-order valence-corrected chi connectivity index (χ4v) is 3.48. The van der Waals surface area contributed by atoms with Gasteiger partial charge in [-0.3, -0.25) is 0 Å². The number of hydrogen-bond donors (Lipinski definition) is 1. The van der Waals surface area contributed by atoms with Gasteiger partial charge < -0.3 is 14.6 Å². The molecule has 3 aromatic rings. The number of anilines is 1. The van der Waals surface area contributed by atoms with Crippen molar-refractivity contribution >= 4 is 16.7 Å². The van der Waals surface area contributed by atoms with Gasteiger partial charge in [0.1, 0.15) is 5.58 Å². The van der Waals surface area contributed by atoms with E-state index in [9.17, 15) is 4.79 Å². The lowest BCUT2D eigenvalue weighted by atomic mass is 10.0. The van der Waals surface area contributed by atoms with Crippen LogP contribution >= 0.6 is 0 Å². The number of hydrogen-bond acceptors (Lipinski definition) is 4. The van der Waals surface area contributed by atoms with E-state index in [1.54, 1.807) is 0 Å². The molecule has 2 aromatic carbocycles. The van der Waals surface area contributed by atoms with Crippen LogP contribution in [0.1, 0.15) is 12.5 Å². The molecule has 2 heterocycles. The standard InChI is InChI=1S/C21H22N2O2/c1-14-4-3-5-16(10-14)19-11-17-6-7-18(12-20(17)25-21(19)24)23-9-8-22-15(2)13-23/h3-7,10-12,15,22H,8-9,13H2,1-2H3. The van der Waals surface area contributed by atoms with Crippen LogP contribution in [0.15, 0.2) is 57.7 Å². The van der Waals surface area contributed by atoms with Crippen LogP contribution in [0.4, 0.5) is 5.69 Å². The van der Waals surface area contributed by atoms with E-state index in [2.05, 4.69) is 23.2 Å². The molecule has 0 amide bonds. The van der Waals surface area contributed by atoms with Crippen molar-refractivity contribution in [3.05, 3.63) is 64.5 Å². The Morgan fingerprint density at radius 2 is 2.04 bits per heavy atom. The highest BCUT2D eigenvalue weighted by atomic mass is 16.4. The predicted molar refractivity (Wildman–Crippen MR) is 102 cm³/mol. The van der Waals surface area contributed by atoms with Crippen molar-refractivity contribution in [1.82, 2.24) is 5.32 Å². The third-order valence-corrected chi connectivity index (χ3v) is 4.78. The fourth-order valence-electron chi connectivity index (χ4n) is 3.48. The Bertz CT molecular complexity index is 977. The molecule has 4 nitrogen and oxygen atoms in total. The first-order valence-corrected chi connectivity index (χ1v) is 8.73. The number of aryl methyl sites for hydroxylation is 1. The minimum absolute atomic E-state index is 0.288. The van der Waals surface area contributed by atoms with Crippen LogP contribution in [-0.4, -0.2) is 25.7 Å². The van der Waals surface area contributed by atoms with Crippen LogP contribution in [0.2, 0.25) is 0 Å². The molecule has 1 saturated heterocycles. The summed E-state index contributed by atoms with van der Waals surface area (Å²) in [6.45, 7) is 7.09. The largest absolute Gasteiger partial charge is 0.422 e. The molecule has 0 spiro atoms. The molecule has 1 fully saturated rings. The number of fused-ring (bicyclic) bond motifs is 1. The number of nitrogens with one attached hydrogen (secondary N) is 1. The highest BCUT2D eigenvalue weighted by molar-refractivity contribution is 5.84. The molecule has 4 heteroatoms. The molecule has 128 valence electrons. The van der Waals surface area contributed by atoms with Gasteiger partial charge in [0.2, 0.25) is 0 Å². The summed E-state index contributed by atoms with van der Waals surface area (Å²) in [6, 6.07) is 16.5. The zero-order valence-electron chi connectivity index (χ0n) is 14.6. The first-order valence-electron chi connectivity index (χ1n) is 8.73. The van der Waals surface area contributed by atoms with Crippen molar-refractivity contribution in [2.75, 3.05) is 24.5 Å². The van der Waals surface area contributed by atoms with Crippen LogP contribution in [0.25, 0.3) is 22.1 Å². The molecule has 25 heavy (non-hydrogen) atoms. The van der Waals surface area contributed by atoms with Gasteiger partial charge in [0, 0.05) is 42.8 Å². The fraction of sp³-hybridized carbons (Fsp3) is 0.286. The van der Waals surface area contributed by atoms with Gasteiger partial charge in [-0.25, -0.2) is 4.79 Å². The Hall–Kier alpha value is -2.59. The van der Waals surface area contributed by atoms with E-state index in [4.69, 9.17) is 4.42 Å². The summed E-state index contributed by atoms with van der Waals surface area (Å²) in [5.41, 5.74) is 4.09. The molecule has 1 atom stereocenters. The van der Waals surface area contributed by atoms with Crippen LogP contribution in [0, 0.1) is 6.92 Å². The summed E-state index contributed by atoms with van der Waals surface area (Å²) in [6.07, 6.45) is 0. The summed E-state index contributed by atoms with van der Waals surface area (Å²) in [5.74, 6) is 0. The van der Waals surface area contributed by atoms with E-state index in [0.29, 0.717) is 17.2 Å². The normalized spacial score (nSPS) is 17.8. The van der Waals surface area contributed by atoms with Gasteiger partial charge in [0.15, 0.2) is 0 Å². The molecule has 0 bridgehead atoms. The zero-order chi connectivity index (χ0) is 17.4. The number of rotatable bonds is 2. The quantitative estimate of drug-likeness (QED) is 0.728. The lowest BCUT2D eigenvalue weighted by Gasteiger charge is -2.33. The number of nitrogens with zero attached hydrogens (tertiary/aromatic N) is 1. The van der Waals surface area contributed by atoms with Crippen molar-refractivity contribution in [3.8, 4) is 11.1 Å². The van der Waals surface area contributed by atoms with Gasteiger partial charge in [-0.2, -0.15) is 0 Å². The van der Waals surface area contributed by atoms with E-state index in [1.165, 1.54) is 0 Å². The molecule has 1 aliphatic rings. The van der Waals surface area contributed by atoms with Crippen molar-refractivity contribution in [2.24, 2.45) is 0 Å². The van der Waals surface area contributed by atoms with Gasteiger partial charge >= 0.3 is 5.63 Å². The topological polar surface area (TPSA) is 45.5 Å². The highest BCUT2D eigenvalue weighted by Crippen LogP contribution is 2.26. The van der Waals surface area contributed by atoms with Gasteiger partial charge in [0.05, 0.1) is 5.56 Å². The SMILES string of the molecule is Cc1cccc(-c2cc3ccc(N4CCNC(C)C4)cc3oc2=O)c1. The van der Waals surface area contributed by atoms with Crippen molar-refractivity contribution in [2.45, 2.75) is 19.9 Å². The maximum Gasteiger partial charge on any atom is 0.344 e. The van der Waals surface area contributed by atoms with Gasteiger partial charge in [-0.15, -0.1) is 0 Å². The van der Waals surface area contributed by atoms with E-state index in [-0.39, 0.29) is 5.63 Å². The monoisotopic (exact) mass is 334 g/mol. The first-order chi connectivity index (χ1) is 12.1. The Morgan fingerprint density at radius 1 is 1.16 bits per heavy atom. The van der Waals surface area contributed by atoms with Crippen molar-refractivity contribution in [1.29, 1.82) is 0 Å². The molecule has 0 aliphatic carbocycles. The van der Waals surface area contributed by atoms with Crippen molar-refractivity contribution in [3.63, 3.8) is 0 Å². The maximum atomic E-state index is 12.5. The predicted octanol–water partition coefficient (Wildman–Crippen LogP) is 3.57. The van der Waals surface area contributed by atoms with Gasteiger partial charge in [-0.05, 0) is 37.6 Å². The molecule has 0 saturated carbocycles. The first kappa shape index (κ1) is 15.9. The van der Waals surface area contributed by atoms with Gasteiger partial charge in [-0.1, -0.05) is 29.8 Å². The minimum atomic E-state index is -0.288. The van der Waals surface area contributed by atoms with Gasteiger partial charge in [0.25, 0.3) is 0 Å². The molecular formula is C21H22N2O2. The Balaban J connectivity index is 1.75. The van der Waals surface area contributed by atoms with E-state index < -0.39 is 0 Å². The second-order valence-electron chi connectivity index (χ2n) is 6.84. The smallest absolute Gasteiger partial charge is 0.344 e. The van der Waals surface area contributed by atoms with Crippen molar-refractivity contribution < 1.29 is 4.42 Å². The third kappa shape index (κ3) is 3.17. The van der Waals surface area contributed by atoms with Crippen LogP contribution in [-0.2, 0) is 0 Å². The summed E-state index contributed by atoms with van der Waals surface area (Å²) in [4.78, 5) is 14.8. The molecule has 1 unspecified atom stereocenters. The molecule has 0 radical (unpaired) electrons. The van der Waals surface area contributed by atoms with Crippen LogP contribution < -0.4 is 15.8 Å². The highest BCUT2D eigenvalue weighted by Gasteiger charge is 2.17. The van der Waals surface area contributed by atoms with E-state index in [0.717, 1.165) is 41.8 Å². The Labute approximate surface area is 147 Å². The second-order valence-corrected chi connectivity index (χ2v) is 6.84. The number of piperazine rings is 1. The lowest BCUT2D eigenvalue weighted by Crippen LogP contribution is -2.49. The summed E-state index contributed by atoms with van der Waals surface area (Å²) in [7, 11) is 0. The number of benzene rings is 2. The average molecular weight is 334 g/mol. The summed E-state index contributed by atoms with van der Waals surface area (Å²) < 4.78 is 5.65. The molecule has 1 aliphatic heterocycles. The molecular weight excluding hydrogens is 312 g/mol. The molecule has 1 aromatic heterocycles. The second kappa shape index (κ2) is 6.37. The average Bonchev–Trinajstić information content (AvgIpc) is 2.60. The minimum Gasteiger partial charge on any atom is -0.422 e.